The average Bonchev–Trinajstić information content (AvgIpc) is 2.56. The normalized spacial score (nSPS) is 18.2. The highest BCUT2D eigenvalue weighted by atomic mass is 16.5. The fourth-order valence-corrected chi connectivity index (χ4v) is 2.72. The fraction of sp³-hybridized carbons (Fsp3) is 0.471. The topological polar surface area (TPSA) is 51.1 Å². The summed E-state index contributed by atoms with van der Waals surface area (Å²) in [5.41, 5.74) is 1.90. The summed E-state index contributed by atoms with van der Waals surface area (Å²) in [5, 5.41) is 0. The monoisotopic (exact) mass is 298 g/mol. The molecule has 0 aromatic carbocycles. The Morgan fingerprint density at radius 1 is 1.32 bits per heavy atom. The van der Waals surface area contributed by atoms with E-state index in [0.717, 1.165) is 42.5 Å². The van der Waals surface area contributed by atoms with E-state index in [-0.39, 0.29) is 0 Å². The molecule has 116 valence electrons. The number of ether oxygens (including phenoxy) is 1. The van der Waals surface area contributed by atoms with Crippen LogP contribution in [0, 0.1) is 6.92 Å². The summed E-state index contributed by atoms with van der Waals surface area (Å²) < 4.78 is 5.82. The summed E-state index contributed by atoms with van der Waals surface area (Å²) in [4.78, 5) is 15.5. The lowest BCUT2D eigenvalue weighted by Gasteiger charge is -2.28. The Kier molecular flexibility index (Phi) is 4.63. The standard InChI is InChI=1S/C17H22N4O/c1-13-10-16(21(2)12-15-7-3-4-9-22-15)20-17(19-13)14-6-5-8-18-11-14/h5-6,8,10-11,15H,3-4,7,9,12H2,1-2H3/t15-/m0/s1. The Labute approximate surface area is 131 Å². The van der Waals surface area contributed by atoms with E-state index in [2.05, 4.69) is 26.9 Å². The van der Waals surface area contributed by atoms with Crippen LogP contribution in [-0.2, 0) is 4.74 Å². The predicted octanol–water partition coefficient (Wildman–Crippen LogP) is 2.85. The summed E-state index contributed by atoms with van der Waals surface area (Å²) in [6.07, 6.45) is 7.41. The number of pyridine rings is 1. The van der Waals surface area contributed by atoms with Gasteiger partial charge in [0.1, 0.15) is 5.82 Å². The predicted molar refractivity (Wildman–Crippen MR) is 86.9 cm³/mol. The van der Waals surface area contributed by atoms with E-state index in [9.17, 15) is 0 Å². The van der Waals surface area contributed by atoms with Gasteiger partial charge in [-0.25, -0.2) is 9.97 Å². The minimum Gasteiger partial charge on any atom is -0.376 e. The molecule has 2 aromatic rings. The summed E-state index contributed by atoms with van der Waals surface area (Å²) in [6.45, 7) is 3.74. The summed E-state index contributed by atoms with van der Waals surface area (Å²) in [6, 6.07) is 5.90. The van der Waals surface area contributed by atoms with E-state index in [0.29, 0.717) is 6.10 Å². The van der Waals surface area contributed by atoms with Crippen LogP contribution < -0.4 is 4.90 Å². The van der Waals surface area contributed by atoms with Crippen molar-refractivity contribution in [2.75, 3.05) is 25.1 Å². The molecular weight excluding hydrogens is 276 g/mol. The second-order valence-electron chi connectivity index (χ2n) is 5.80. The molecule has 0 amide bonds. The van der Waals surface area contributed by atoms with E-state index in [1.807, 2.05) is 25.1 Å². The SMILES string of the molecule is Cc1cc(N(C)C[C@@H]2CCCCO2)nc(-c2cccnc2)n1. The van der Waals surface area contributed by atoms with Gasteiger partial charge in [-0.1, -0.05) is 0 Å². The van der Waals surface area contributed by atoms with E-state index < -0.39 is 0 Å². The number of likely N-dealkylation sites (N-methyl/N-ethyl adjacent to an activating group) is 1. The highest BCUT2D eigenvalue weighted by Crippen LogP contribution is 2.20. The zero-order chi connectivity index (χ0) is 15.4. The first-order valence-electron chi connectivity index (χ1n) is 7.81. The molecule has 2 aromatic heterocycles. The van der Waals surface area contributed by atoms with Crippen LogP contribution in [0.5, 0.6) is 0 Å². The number of rotatable bonds is 4. The van der Waals surface area contributed by atoms with Crippen LogP contribution in [0.25, 0.3) is 11.4 Å². The van der Waals surface area contributed by atoms with Crippen molar-refractivity contribution in [3.05, 3.63) is 36.3 Å². The largest absolute Gasteiger partial charge is 0.376 e. The highest BCUT2D eigenvalue weighted by Gasteiger charge is 2.17. The molecule has 0 spiro atoms. The quantitative estimate of drug-likeness (QED) is 0.868. The molecule has 22 heavy (non-hydrogen) atoms. The average molecular weight is 298 g/mol. The minimum atomic E-state index is 0.302. The Hall–Kier alpha value is -2.01. The molecule has 1 aliphatic rings. The van der Waals surface area contributed by atoms with Gasteiger partial charge in [0.2, 0.25) is 0 Å². The lowest BCUT2D eigenvalue weighted by molar-refractivity contribution is 0.0215. The summed E-state index contributed by atoms with van der Waals surface area (Å²) in [5.74, 6) is 1.65. The Bertz CT molecular complexity index is 611. The van der Waals surface area contributed by atoms with Gasteiger partial charge in [0, 0.05) is 49.9 Å². The molecule has 0 aliphatic carbocycles. The second-order valence-corrected chi connectivity index (χ2v) is 5.80. The van der Waals surface area contributed by atoms with Crippen LogP contribution in [0.15, 0.2) is 30.6 Å². The zero-order valence-electron chi connectivity index (χ0n) is 13.2. The van der Waals surface area contributed by atoms with Crippen molar-refractivity contribution >= 4 is 5.82 Å². The molecule has 5 heteroatoms. The lowest BCUT2D eigenvalue weighted by atomic mass is 10.1. The number of anilines is 1. The maximum absolute atomic E-state index is 5.82. The smallest absolute Gasteiger partial charge is 0.163 e. The second kappa shape index (κ2) is 6.83. The molecule has 0 N–H and O–H groups in total. The molecule has 3 rings (SSSR count). The third-order valence-corrected chi connectivity index (χ3v) is 3.90. The third kappa shape index (κ3) is 3.60. The Balaban J connectivity index is 1.79. The number of hydrogen-bond acceptors (Lipinski definition) is 5. The molecule has 0 unspecified atom stereocenters. The van der Waals surface area contributed by atoms with E-state index >= 15 is 0 Å². The molecule has 1 atom stereocenters. The number of aromatic nitrogens is 3. The molecule has 1 aliphatic heterocycles. The molecule has 0 saturated carbocycles. The van der Waals surface area contributed by atoms with Crippen molar-refractivity contribution in [2.45, 2.75) is 32.3 Å². The molecule has 3 heterocycles. The maximum Gasteiger partial charge on any atom is 0.163 e. The van der Waals surface area contributed by atoms with E-state index in [1.54, 1.807) is 12.4 Å². The van der Waals surface area contributed by atoms with Crippen LogP contribution in [0.3, 0.4) is 0 Å². The lowest BCUT2D eigenvalue weighted by Crippen LogP contribution is -2.33. The van der Waals surface area contributed by atoms with Gasteiger partial charge in [-0.05, 0) is 38.3 Å². The third-order valence-electron chi connectivity index (χ3n) is 3.90. The van der Waals surface area contributed by atoms with Gasteiger partial charge in [0.15, 0.2) is 5.82 Å². The first-order valence-corrected chi connectivity index (χ1v) is 7.81. The fourth-order valence-electron chi connectivity index (χ4n) is 2.72. The number of aryl methyl sites for hydroxylation is 1. The van der Waals surface area contributed by atoms with Crippen LogP contribution in [-0.4, -0.2) is 41.3 Å². The minimum absolute atomic E-state index is 0.302. The van der Waals surface area contributed by atoms with Crippen LogP contribution >= 0.6 is 0 Å². The molecule has 1 fully saturated rings. The molecule has 0 radical (unpaired) electrons. The van der Waals surface area contributed by atoms with Crippen molar-refractivity contribution in [3.63, 3.8) is 0 Å². The molecular formula is C17H22N4O. The van der Waals surface area contributed by atoms with Gasteiger partial charge >= 0.3 is 0 Å². The van der Waals surface area contributed by atoms with Gasteiger partial charge in [-0.2, -0.15) is 0 Å². The Morgan fingerprint density at radius 2 is 2.23 bits per heavy atom. The molecule has 1 saturated heterocycles. The van der Waals surface area contributed by atoms with Crippen molar-refractivity contribution in [2.24, 2.45) is 0 Å². The van der Waals surface area contributed by atoms with Crippen molar-refractivity contribution in [1.29, 1.82) is 0 Å². The Morgan fingerprint density at radius 3 is 2.95 bits per heavy atom. The van der Waals surface area contributed by atoms with Crippen molar-refractivity contribution < 1.29 is 4.74 Å². The van der Waals surface area contributed by atoms with Gasteiger partial charge in [-0.3, -0.25) is 4.98 Å². The van der Waals surface area contributed by atoms with Gasteiger partial charge in [0.25, 0.3) is 0 Å². The summed E-state index contributed by atoms with van der Waals surface area (Å²) in [7, 11) is 2.06. The van der Waals surface area contributed by atoms with E-state index in [4.69, 9.17) is 4.74 Å². The van der Waals surface area contributed by atoms with Gasteiger partial charge in [0.05, 0.1) is 6.10 Å². The number of nitrogens with zero attached hydrogens (tertiary/aromatic N) is 4. The van der Waals surface area contributed by atoms with Gasteiger partial charge in [-0.15, -0.1) is 0 Å². The van der Waals surface area contributed by atoms with E-state index in [1.165, 1.54) is 12.8 Å². The van der Waals surface area contributed by atoms with Crippen LogP contribution in [0.1, 0.15) is 25.0 Å². The first-order chi connectivity index (χ1) is 10.7. The van der Waals surface area contributed by atoms with Crippen LogP contribution in [0.4, 0.5) is 5.82 Å². The maximum atomic E-state index is 5.82. The first kappa shape index (κ1) is 14.9. The molecule has 5 nitrogen and oxygen atoms in total. The number of hydrogen-bond donors (Lipinski definition) is 0. The van der Waals surface area contributed by atoms with Crippen LogP contribution in [0.2, 0.25) is 0 Å². The molecule has 0 bridgehead atoms. The van der Waals surface area contributed by atoms with Crippen molar-refractivity contribution in [3.8, 4) is 11.4 Å². The van der Waals surface area contributed by atoms with Crippen molar-refractivity contribution in [1.82, 2.24) is 15.0 Å². The zero-order valence-corrected chi connectivity index (χ0v) is 13.2. The summed E-state index contributed by atoms with van der Waals surface area (Å²) >= 11 is 0. The highest BCUT2D eigenvalue weighted by molar-refractivity contribution is 5.56. The van der Waals surface area contributed by atoms with Gasteiger partial charge < -0.3 is 9.64 Å².